The zero-order valence-electron chi connectivity index (χ0n) is 16.5. The Morgan fingerprint density at radius 3 is 1.93 bits per heavy atom. The Balaban J connectivity index is 1.39. The highest BCUT2D eigenvalue weighted by Crippen LogP contribution is 2.16. The van der Waals surface area contributed by atoms with Crippen LogP contribution in [0.5, 0.6) is 5.75 Å². The number of benzene rings is 2. The molecule has 1 heterocycles. The molecule has 2 aromatic rings. The van der Waals surface area contributed by atoms with Crippen LogP contribution in [0.1, 0.15) is 0 Å². The second kappa shape index (κ2) is 9.99. The number of amides is 2. The van der Waals surface area contributed by atoms with Crippen LogP contribution in [0.15, 0.2) is 48.5 Å². The van der Waals surface area contributed by atoms with Crippen molar-refractivity contribution in [2.75, 3.05) is 57.0 Å². The van der Waals surface area contributed by atoms with E-state index in [1.165, 1.54) is 17.0 Å². The molecule has 0 aliphatic carbocycles. The molecular weight excluding hydrogens is 375 g/mol. The number of piperazine rings is 1. The zero-order chi connectivity index (χ0) is 20.6. The van der Waals surface area contributed by atoms with Gasteiger partial charge in [-0.05, 0) is 30.3 Å². The maximum absolute atomic E-state index is 13.2. The molecule has 1 saturated heterocycles. The minimum Gasteiger partial charge on any atom is -0.497 e. The standard InChI is InChI=1S/C21H25FN4O3/c1-29-19-7-3-6-18(13-19)24-21(28)15-26-10-8-25(9-11-26)14-20(27)23-17-5-2-4-16(22)12-17/h2-7,12-13H,8-11,14-15H2,1H3,(H,23,27)(H,24,28)/p+2. The fourth-order valence-electron chi connectivity index (χ4n) is 3.44. The fourth-order valence-corrected chi connectivity index (χ4v) is 3.44. The van der Waals surface area contributed by atoms with E-state index in [2.05, 4.69) is 10.6 Å². The number of methoxy groups -OCH3 is 1. The molecule has 154 valence electrons. The van der Waals surface area contributed by atoms with E-state index in [9.17, 15) is 14.0 Å². The Labute approximate surface area is 169 Å². The summed E-state index contributed by atoms with van der Waals surface area (Å²) in [5.41, 5.74) is 1.18. The molecule has 29 heavy (non-hydrogen) atoms. The molecule has 2 amide bonds. The summed E-state index contributed by atoms with van der Waals surface area (Å²) >= 11 is 0. The maximum Gasteiger partial charge on any atom is 0.279 e. The second-order valence-electron chi connectivity index (χ2n) is 7.19. The Bertz CT molecular complexity index is 853. The summed E-state index contributed by atoms with van der Waals surface area (Å²) in [7, 11) is 1.59. The lowest BCUT2D eigenvalue weighted by atomic mass is 10.2. The van der Waals surface area contributed by atoms with Gasteiger partial charge in [0.2, 0.25) is 0 Å². The molecule has 0 saturated carbocycles. The van der Waals surface area contributed by atoms with E-state index in [4.69, 9.17) is 4.74 Å². The van der Waals surface area contributed by atoms with Crippen molar-refractivity contribution in [3.05, 3.63) is 54.3 Å². The first-order valence-electron chi connectivity index (χ1n) is 9.68. The second-order valence-corrected chi connectivity index (χ2v) is 7.19. The minimum absolute atomic E-state index is 0.0412. The summed E-state index contributed by atoms with van der Waals surface area (Å²) in [6, 6.07) is 13.1. The summed E-state index contributed by atoms with van der Waals surface area (Å²) in [4.78, 5) is 26.8. The van der Waals surface area contributed by atoms with Crippen LogP contribution in [-0.2, 0) is 9.59 Å². The average molecular weight is 402 g/mol. The van der Waals surface area contributed by atoms with Crippen molar-refractivity contribution in [3.8, 4) is 5.75 Å². The van der Waals surface area contributed by atoms with Gasteiger partial charge in [0.15, 0.2) is 13.1 Å². The highest BCUT2D eigenvalue weighted by atomic mass is 19.1. The number of hydrogen-bond acceptors (Lipinski definition) is 3. The van der Waals surface area contributed by atoms with Crippen molar-refractivity contribution in [2.45, 2.75) is 0 Å². The molecule has 0 spiro atoms. The number of carbonyl (C=O) groups is 2. The van der Waals surface area contributed by atoms with E-state index in [-0.39, 0.29) is 17.6 Å². The lowest BCUT2D eigenvalue weighted by Gasteiger charge is -2.29. The highest BCUT2D eigenvalue weighted by Gasteiger charge is 2.26. The van der Waals surface area contributed by atoms with Crippen molar-refractivity contribution in [1.82, 2.24) is 0 Å². The van der Waals surface area contributed by atoms with Gasteiger partial charge < -0.3 is 25.2 Å². The van der Waals surface area contributed by atoms with Gasteiger partial charge in [0.05, 0.1) is 7.11 Å². The molecule has 0 aromatic heterocycles. The predicted octanol–water partition coefficient (Wildman–Crippen LogP) is -0.805. The lowest BCUT2D eigenvalue weighted by molar-refractivity contribution is -1.00. The van der Waals surface area contributed by atoms with Crippen LogP contribution in [0.3, 0.4) is 0 Å². The molecule has 8 heteroatoms. The third kappa shape index (κ3) is 6.55. The molecule has 7 nitrogen and oxygen atoms in total. The zero-order valence-corrected chi connectivity index (χ0v) is 16.5. The Hall–Kier alpha value is -2.97. The van der Waals surface area contributed by atoms with Crippen LogP contribution in [-0.4, -0.2) is 58.2 Å². The number of ether oxygens (including phenoxy) is 1. The molecular formula is C21H27FN4O3+2. The van der Waals surface area contributed by atoms with Gasteiger partial charge in [0.25, 0.3) is 11.8 Å². The summed E-state index contributed by atoms with van der Waals surface area (Å²) < 4.78 is 18.4. The third-order valence-corrected chi connectivity index (χ3v) is 4.95. The van der Waals surface area contributed by atoms with Gasteiger partial charge in [-0.25, -0.2) is 4.39 Å². The summed E-state index contributed by atoms with van der Waals surface area (Å²) in [5.74, 6) is 0.147. The van der Waals surface area contributed by atoms with E-state index in [1.54, 1.807) is 25.3 Å². The maximum atomic E-state index is 13.2. The van der Waals surface area contributed by atoms with Gasteiger partial charge in [-0.2, -0.15) is 0 Å². The highest BCUT2D eigenvalue weighted by molar-refractivity contribution is 5.92. The van der Waals surface area contributed by atoms with Crippen molar-refractivity contribution >= 4 is 23.2 Å². The van der Waals surface area contributed by atoms with Gasteiger partial charge in [-0.15, -0.1) is 0 Å². The number of nitrogens with one attached hydrogen (secondary N) is 4. The summed E-state index contributed by atoms with van der Waals surface area (Å²) in [6.45, 7) is 3.96. The van der Waals surface area contributed by atoms with Crippen molar-refractivity contribution in [3.63, 3.8) is 0 Å². The summed E-state index contributed by atoms with van der Waals surface area (Å²) in [5, 5.41) is 5.63. The summed E-state index contributed by atoms with van der Waals surface area (Å²) in [6.07, 6.45) is 0. The van der Waals surface area contributed by atoms with Crippen molar-refractivity contribution < 1.29 is 28.5 Å². The number of anilines is 2. The fraction of sp³-hybridized carbons (Fsp3) is 0.333. The molecule has 0 atom stereocenters. The quantitative estimate of drug-likeness (QED) is 0.490. The van der Waals surface area contributed by atoms with Gasteiger partial charge in [-0.1, -0.05) is 12.1 Å². The van der Waals surface area contributed by atoms with Crippen LogP contribution in [0, 0.1) is 5.82 Å². The molecule has 1 aliphatic rings. The van der Waals surface area contributed by atoms with Crippen LogP contribution in [0.2, 0.25) is 0 Å². The van der Waals surface area contributed by atoms with E-state index < -0.39 is 0 Å². The number of quaternary nitrogens is 2. The van der Waals surface area contributed by atoms with Gasteiger partial charge in [0, 0.05) is 17.4 Å². The smallest absolute Gasteiger partial charge is 0.279 e. The van der Waals surface area contributed by atoms with Crippen molar-refractivity contribution in [2.24, 2.45) is 0 Å². The third-order valence-electron chi connectivity index (χ3n) is 4.95. The topological polar surface area (TPSA) is 76.3 Å². The van der Waals surface area contributed by atoms with Crippen LogP contribution in [0.25, 0.3) is 0 Å². The van der Waals surface area contributed by atoms with E-state index >= 15 is 0 Å². The normalized spacial score (nSPS) is 18.7. The van der Waals surface area contributed by atoms with Crippen LogP contribution >= 0.6 is 0 Å². The minimum atomic E-state index is -0.375. The number of halogens is 1. The first-order chi connectivity index (χ1) is 14.0. The molecule has 2 aromatic carbocycles. The van der Waals surface area contributed by atoms with Gasteiger partial charge in [0.1, 0.15) is 37.7 Å². The first-order valence-corrected chi connectivity index (χ1v) is 9.68. The number of hydrogen-bond donors (Lipinski definition) is 4. The number of carbonyl (C=O) groups excluding carboxylic acids is 2. The molecule has 0 bridgehead atoms. The van der Waals surface area contributed by atoms with E-state index in [0.29, 0.717) is 30.2 Å². The van der Waals surface area contributed by atoms with E-state index in [0.717, 1.165) is 31.1 Å². The lowest BCUT2D eigenvalue weighted by Crippen LogP contribution is -3.28. The Kier molecular flexibility index (Phi) is 7.15. The molecule has 1 fully saturated rings. The Morgan fingerprint density at radius 2 is 1.41 bits per heavy atom. The molecule has 0 unspecified atom stereocenters. The van der Waals surface area contributed by atoms with Gasteiger partial charge in [-0.3, -0.25) is 9.59 Å². The van der Waals surface area contributed by atoms with Gasteiger partial charge >= 0.3 is 0 Å². The average Bonchev–Trinajstić information content (AvgIpc) is 2.69. The first kappa shape index (κ1) is 20.8. The molecule has 1 aliphatic heterocycles. The number of rotatable bonds is 7. The largest absolute Gasteiger partial charge is 0.497 e. The van der Waals surface area contributed by atoms with Crippen molar-refractivity contribution in [1.29, 1.82) is 0 Å². The molecule has 4 N–H and O–H groups in total. The molecule has 0 radical (unpaired) electrons. The Morgan fingerprint density at radius 1 is 0.897 bits per heavy atom. The SMILES string of the molecule is COc1cccc(NC(=O)C[NH+]2CC[NH+](CC(=O)Nc3cccc(F)c3)CC2)c1. The van der Waals surface area contributed by atoms with Crippen LogP contribution < -0.4 is 25.2 Å². The monoisotopic (exact) mass is 402 g/mol. The predicted molar refractivity (Wildman–Crippen MR) is 108 cm³/mol. The van der Waals surface area contributed by atoms with Crippen LogP contribution in [0.4, 0.5) is 15.8 Å². The van der Waals surface area contributed by atoms with E-state index in [1.807, 2.05) is 18.2 Å². The molecule has 3 rings (SSSR count).